The second-order valence-electron chi connectivity index (χ2n) is 8.26. The van der Waals surface area contributed by atoms with Crippen molar-refractivity contribution in [3.8, 4) is 0 Å². The van der Waals surface area contributed by atoms with E-state index in [-0.39, 0.29) is 17.7 Å². The lowest BCUT2D eigenvalue weighted by Gasteiger charge is -2.50. The summed E-state index contributed by atoms with van der Waals surface area (Å²) in [6, 6.07) is 23.7. The lowest BCUT2D eigenvalue weighted by atomic mass is 9.52. The molecule has 6 rings (SSSR count). The van der Waals surface area contributed by atoms with Gasteiger partial charge in [0.2, 0.25) is 11.8 Å². The van der Waals surface area contributed by atoms with Crippen molar-refractivity contribution < 1.29 is 9.59 Å². The molecule has 0 heterocycles. The van der Waals surface area contributed by atoms with Gasteiger partial charge in [-0.15, -0.1) is 0 Å². The predicted octanol–water partition coefficient (Wildman–Crippen LogP) is 4.41. The molecule has 4 heteroatoms. The van der Waals surface area contributed by atoms with Crippen LogP contribution in [0.4, 0.5) is 5.69 Å². The maximum Gasteiger partial charge on any atom is 0.248 e. The highest BCUT2D eigenvalue weighted by molar-refractivity contribution is 5.98. The molecule has 0 fully saturated rings. The number of benzene rings is 3. The number of rotatable bonds is 3. The van der Waals surface area contributed by atoms with Crippen molar-refractivity contribution in [2.45, 2.75) is 25.2 Å². The average Bonchev–Trinajstić information content (AvgIpc) is 2.74. The van der Waals surface area contributed by atoms with E-state index in [1.54, 1.807) is 24.3 Å². The van der Waals surface area contributed by atoms with Crippen molar-refractivity contribution in [2.75, 3.05) is 5.32 Å². The van der Waals surface area contributed by atoms with Crippen LogP contribution in [0.1, 0.15) is 57.8 Å². The normalized spacial score (nSPS) is 23.8. The Morgan fingerprint density at radius 3 is 1.90 bits per heavy atom. The third-order valence-corrected chi connectivity index (χ3v) is 6.58. The molecule has 0 saturated carbocycles. The Morgan fingerprint density at radius 1 is 0.862 bits per heavy atom. The fourth-order valence-electron chi connectivity index (χ4n) is 5.18. The summed E-state index contributed by atoms with van der Waals surface area (Å²) in [5.74, 6) is -0.235. The molecule has 4 nitrogen and oxygen atoms in total. The SMILES string of the molecule is CC1(C(=O)Nc2ccc(C(N)=O)cc2)CC2c3ccccc3C1c1ccccc12. The van der Waals surface area contributed by atoms with Crippen molar-refractivity contribution in [1.82, 2.24) is 0 Å². The van der Waals surface area contributed by atoms with Crippen molar-refractivity contribution in [1.29, 1.82) is 0 Å². The molecule has 3 aromatic carbocycles. The molecule has 0 spiro atoms. The fourth-order valence-corrected chi connectivity index (χ4v) is 5.18. The Hall–Kier alpha value is -3.40. The van der Waals surface area contributed by atoms with Crippen LogP contribution in [0.15, 0.2) is 72.8 Å². The Balaban J connectivity index is 1.54. The zero-order chi connectivity index (χ0) is 20.2. The van der Waals surface area contributed by atoms with E-state index < -0.39 is 11.3 Å². The van der Waals surface area contributed by atoms with E-state index in [0.29, 0.717) is 11.3 Å². The number of amides is 2. The summed E-state index contributed by atoms with van der Waals surface area (Å²) in [6.07, 6.45) is 0.775. The zero-order valence-corrected chi connectivity index (χ0v) is 16.2. The maximum absolute atomic E-state index is 13.5. The summed E-state index contributed by atoms with van der Waals surface area (Å²) in [5.41, 5.74) is 11.0. The van der Waals surface area contributed by atoms with E-state index in [4.69, 9.17) is 5.73 Å². The molecule has 1 atom stereocenters. The molecule has 0 saturated heterocycles. The number of hydrogen-bond donors (Lipinski definition) is 2. The van der Waals surface area contributed by atoms with Crippen LogP contribution in [-0.4, -0.2) is 11.8 Å². The number of nitrogens with one attached hydrogen (secondary N) is 1. The minimum Gasteiger partial charge on any atom is -0.366 e. The molecule has 3 aromatic rings. The summed E-state index contributed by atoms with van der Waals surface area (Å²) in [7, 11) is 0. The lowest BCUT2D eigenvalue weighted by molar-refractivity contribution is -0.126. The largest absolute Gasteiger partial charge is 0.366 e. The Labute approximate surface area is 169 Å². The highest BCUT2D eigenvalue weighted by Crippen LogP contribution is 2.61. The van der Waals surface area contributed by atoms with Gasteiger partial charge in [0.15, 0.2) is 0 Å². The number of primary amides is 1. The van der Waals surface area contributed by atoms with Gasteiger partial charge in [0.1, 0.15) is 0 Å². The second kappa shape index (κ2) is 6.31. The van der Waals surface area contributed by atoms with Crippen LogP contribution in [0.3, 0.4) is 0 Å². The van der Waals surface area contributed by atoms with Gasteiger partial charge in [-0.2, -0.15) is 0 Å². The first-order chi connectivity index (χ1) is 14.0. The molecule has 3 aliphatic carbocycles. The summed E-state index contributed by atoms with van der Waals surface area (Å²) in [5, 5.41) is 3.07. The van der Waals surface area contributed by atoms with E-state index in [2.05, 4.69) is 60.8 Å². The number of hydrogen-bond acceptors (Lipinski definition) is 2. The second-order valence-corrected chi connectivity index (χ2v) is 8.26. The molecule has 2 bridgehead atoms. The molecule has 3 N–H and O–H groups in total. The quantitative estimate of drug-likeness (QED) is 0.704. The van der Waals surface area contributed by atoms with E-state index in [1.165, 1.54) is 22.3 Å². The van der Waals surface area contributed by atoms with Crippen LogP contribution in [0.2, 0.25) is 0 Å². The van der Waals surface area contributed by atoms with Gasteiger partial charge in [-0.1, -0.05) is 48.5 Å². The molecule has 29 heavy (non-hydrogen) atoms. The van der Waals surface area contributed by atoms with Gasteiger partial charge in [-0.25, -0.2) is 0 Å². The zero-order valence-electron chi connectivity index (χ0n) is 16.2. The van der Waals surface area contributed by atoms with Gasteiger partial charge in [-0.3, -0.25) is 9.59 Å². The number of anilines is 1. The molecular formula is C25H22N2O2. The van der Waals surface area contributed by atoms with Gasteiger partial charge in [0.05, 0.1) is 5.41 Å². The third kappa shape index (κ3) is 2.59. The van der Waals surface area contributed by atoms with Crippen LogP contribution in [-0.2, 0) is 4.79 Å². The Bertz CT molecular complexity index is 1090. The van der Waals surface area contributed by atoms with Crippen LogP contribution in [0, 0.1) is 5.41 Å². The first-order valence-corrected chi connectivity index (χ1v) is 9.88. The van der Waals surface area contributed by atoms with E-state index >= 15 is 0 Å². The molecule has 1 unspecified atom stereocenters. The lowest BCUT2D eigenvalue weighted by Crippen LogP contribution is -2.47. The third-order valence-electron chi connectivity index (χ3n) is 6.58. The van der Waals surface area contributed by atoms with Crippen LogP contribution in [0.5, 0.6) is 0 Å². The molecule has 0 aromatic heterocycles. The van der Waals surface area contributed by atoms with Gasteiger partial charge in [-0.05, 0) is 59.9 Å². The van der Waals surface area contributed by atoms with E-state index in [0.717, 1.165) is 6.42 Å². The highest BCUT2D eigenvalue weighted by atomic mass is 16.2. The first-order valence-electron chi connectivity index (χ1n) is 9.88. The standard InChI is InChI=1S/C25H22N2O2/c1-25(24(29)27-16-12-10-15(11-13-16)23(26)28)14-21-17-6-2-4-8-19(17)22(25)20-9-5-3-7-18(20)21/h2-13,21-22H,14H2,1H3,(H2,26,28)(H,27,29). The number of fused-ring (bicyclic) bond motifs is 1. The maximum atomic E-state index is 13.5. The van der Waals surface area contributed by atoms with Crippen LogP contribution >= 0.6 is 0 Å². The summed E-state index contributed by atoms with van der Waals surface area (Å²) in [4.78, 5) is 24.8. The van der Waals surface area contributed by atoms with Crippen molar-refractivity contribution in [3.05, 3.63) is 101 Å². The van der Waals surface area contributed by atoms with Gasteiger partial charge in [0, 0.05) is 23.1 Å². The smallest absolute Gasteiger partial charge is 0.248 e. The van der Waals surface area contributed by atoms with Crippen molar-refractivity contribution in [2.24, 2.45) is 11.1 Å². The van der Waals surface area contributed by atoms with Gasteiger partial charge >= 0.3 is 0 Å². The van der Waals surface area contributed by atoms with Crippen LogP contribution in [0.25, 0.3) is 0 Å². The monoisotopic (exact) mass is 382 g/mol. The molecular weight excluding hydrogens is 360 g/mol. The van der Waals surface area contributed by atoms with E-state index in [1.807, 2.05) is 0 Å². The van der Waals surface area contributed by atoms with Gasteiger partial charge < -0.3 is 11.1 Å². The first kappa shape index (κ1) is 17.7. The summed E-state index contributed by atoms with van der Waals surface area (Å²) < 4.78 is 0. The molecule has 144 valence electrons. The predicted molar refractivity (Wildman–Crippen MR) is 113 cm³/mol. The van der Waals surface area contributed by atoms with Crippen molar-refractivity contribution in [3.63, 3.8) is 0 Å². The fraction of sp³-hybridized carbons (Fsp3) is 0.200. The van der Waals surface area contributed by atoms with Crippen molar-refractivity contribution >= 4 is 17.5 Å². The Kier molecular flexibility index (Phi) is 3.85. The number of carbonyl (C=O) groups excluding carboxylic acids is 2. The van der Waals surface area contributed by atoms with Crippen LogP contribution < -0.4 is 11.1 Å². The van der Waals surface area contributed by atoms with E-state index in [9.17, 15) is 9.59 Å². The number of nitrogens with two attached hydrogens (primary N) is 1. The molecule has 0 aliphatic heterocycles. The molecule has 2 amide bonds. The number of carbonyl (C=O) groups is 2. The van der Waals surface area contributed by atoms with Gasteiger partial charge in [0.25, 0.3) is 0 Å². The average molecular weight is 382 g/mol. The summed E-state index contributed by atoms with van der Waals surface area (Å²) in [6.45, 7) is 2.07. The Morgan fingerprint density at radius 2 is 1.38 bits per heavy atom. The molecule has 0 radical (unpaired) electrons. The summed E-state index contributed by atoms with van der Waals surface area (Å²) >= 11 is 0. The highest BCUT2D eigenvalue weighted by Gasteiger charge is 2.53. The molecule has 3 aliphatic rings. The minimum absolute atomic E-state index is 0.00308. The topological polar surface area (TPSA) is 72.2 Å². The minimum atomic E-state index is -0.560.